The molecule has 0 amide bonds. The number of hydrogen-bond acceptors (Lipinski definition) is 4. The molecule has 0 radical (unpaired) electrons. The molecule has 16 heavy (non-hydrogen) atoms. The predicted octanol–water partition coefficient (Wildman–Crippen LogP) is 0.412. The van der Waals surface area contributed by atoms with E-state index < -0.39 is 0 Å². The van der Waals surface area contributed by atoms with Crippen molar-refractivity contribution in [2.24, 2.45) is 12.8 Å². The van der Waals surface area contributed by atoms with Gasteiger partial charge in [0.15, 0.2) is 0 Å². The third kappa shape index (κ3) is 1.81. The Hall–Kier alpha value is -1.07. The highest BCUT2D eigenvalue weighted by molar-refractivity contribution is 5.51. The molecule has 5 nitrogen and oxygen atoms in total. The van der Waals surface area contributed by atoms with Crippen molar-refractivity contribution in [2.45, 2.75) is 26.0 Å². The summed E-state index contributed by atoms with van der Waals surface area (Å²) in [5.74, 6) is 1.15. The molecule has 5 heteroatoms. The van der Waals surface area contributed by atoms with Crippen molar-refractivity contribution >= 4 is 5.82 Å². The van der Waals surface area contributed by atoms with Gasteiger partial charge < -0.3 is 15.4 Å². The maximum Gasteiger partial charge on any atom is 0.131 e. The fraction of sp³-hybridized carbons (Fsp3) is 0.727. The Bertz CT molecular complexity index is 374. The van der Waals surface area contributed by atoms with E-state index in [1.165, 1.54) is 0 Å². The zero-order chi connectivity index (χ0) is 11.7. The Morgan fingerprint density at radius 3 is 2.88 bits per heavy atom. The van der Waals surface area contributed by atoms with Crippen LogP contribution >= 0.6 is 0 Å². The quantitative estimate of drug-likeness (QED) is 0.808. The largest absolute Gasteiger partial charge is 0.380 e. The molecule has 2 heterocycles. The molecule has 0 bridgehead atoms. The number of aromatic nitrogens is 2. The number of hydrogen-bond donors (Lipinski definition) is 1. The minimum atomic E-state index is 0.334. The lowest BCUT2D eigenvalue weighted by Crippen LogP contribution is -2.25. The molecule has 1 fully saturated rings. The Morgan fingerprint density at radius 2 is 2.31 bits per heavy atom. The highest BCUT2D eigenvalue weighted by Gasteiger charge is 2.26. The van der Waals surface area contributed by atoms with Crippen LogP contribution in [0, 0.1) is 6.92 Å². The third-order valence-electron chi connectivity index (χ3n) is 3.30. The molecule has 0 aliphatic carbocycles. The lowest BCUT2D eigenvalue weighted by atomic mass is 10.2. The Labute approximate surface area is 96.2 Å². The molecule has 1 aromatic rings. The molecule has 1 aliphatic heterocycles. The van der Waals surface area contributed by atoms with E-state index >= 15 is 0 Å². The van der Waals surface area contributed by atoms with E-state index in [-0.39, 0.29) is 0 Å². The van der Waals surface area contributed by atoms with E-state index in [2.05, 4.69) is 10.00 Å². The summed E-state index contributed by atoms with van der Waals surface area (Å²) < 4.78 is 7.31. The van der Waals surface area contributed by atoms with Crippen LogP contribution in [-0.2, 0) is 18.3 Å². The number of aryl methyl sites for hydroxylation is 2. The second-order valence-electron chi connectivity index (χ2n) is 4.31. The number of rotatable bonds is 3. The van der Waals surface area contributed by atoms with Gasteiger partial charge in [0.2, 0.25) is 0 Å². The predicted molar refractivity (Wildman–Crippen MR) is 63.5 cm³/mol. The molecule has 2 rings (SSSR count). The van der Waals surface area contributed by atoms with Crippen molar-refractivity contribution in [1.82, 2.24) is 9.78 Å². The fourth-order valence-corrected chi connectivity index (χ4v) is 2.44. The van der Waals surface area contributed by atoms with Crippen molar-refractivity contribution in [3.05, 3.63) is 11.3 Å². The van der Waals surface area contributed by atoms with Gasteiger partial charge in [0.05, 0.1) is 11.8 Å². The minimum Gasteiger partial charge on any atom is -0.380 e. The molecule has 1 unspecified atom stereocenters. The number of nitrogens with zero attached hydrogens (tertiary/aromatic N) is 3. The highest BCUT2D eigenvalue weighted by Crippen LogP contribution is 2.26. The van der Waals surface area contributed by atoms with Crippen LogP contribution in [0.25, 0.3) is 0 Å². The summed E-state index contributed by atoms with van der Waals surface area (Å²) in [6.07, 6.45) is 1.41. The Morgan fingerprint density at radius 1 is 1.56 bits per heavy atom. The summed E-state index contributed by atoms with van der Waals surface area (Å²) in [7, 11) is 3.74. The summed E-state index contributed by atoms with van der Waals surface area (Å²) >= 11 is 0. The molecule has 2 N–H and O–H groups in total. The van der Waals surface area contributed by atoms with Gasteiger partial charge in [0.25, 0.3) is 0 Å². The first-order chi connectivity index (χ1) is 7.67. The van der Waals surface area contributed by atoms with Crippen molar-refractivity contribution in [1.29, 1.82) is 0 Å². The normalized spacial score (nSPS) is 20.8. The molecule has 90 valence electrons. The molecule has 0 aromatic carbocycles. The van der Waals surface area contributed by atoms with Gasteiger partial charge in [0.1, 0.15) is 5.82 Å². The van der Waals surface area contributed by atoms with Gasteiger partial charge in [-0.2, -0.15) is 5.10 Å². The average molecular weight is 224 g/mol. The van der Waals surface area contributed by atoms with E-state index in [1.807, 2.05) is 18.7 Å². The van der Waals surface area contributed by atoms with Crippen molar-refractivity contribution < 1.29 is 4.74 Å². The zero-order valence-corrected chi connectivity index (χ0v) is 10.2. The van der Waals surface area contributed by atoms with Crippen LogP contribution in [0.4, 0.5) is 5.82 Å². The van der Waals surface area contributed by atoms with Gasteiger partial charge in [-0.1, -0.05) is 0 Å². The fourth-order valence-electron chi connectivity index (χ4n) is 2.44. The van der Waals surface area contributed by atoms with Gasteiger partial charge in [0, 0.05) is 39.4 Å². The highest BCUT2D eigenvalue weighted by atomic mass is 16.5. The topological polar surface area (TPSA) is 56.3 Å². The molecule has 1 aromatic heterocycles. The first-order valence-corrected chi connectivity index (χ1v) is 5.67. The number of ether oxygens (including phenoxy) is 1. The van der Waals surface area contributed by atoms with Gasteiger partial charge in [-0.15, -0.1) is 0 Å². The van der Waals surface area contributed by atoms with Crippen molar-refractivity contribution in [3.8, 4) is 0 Å². The van der Waals surface area contributed by atoms with Crippen LogP contribution in [0.2, 0.25) is 0 Å². The van der Waals surface area contributed by atoms with Crippen LogP contribution in [0.1, 0.15) is 17.7 Å². The van der Waals surface area contributed by atoms with Crippen LogP contribution in [-0.4, -0.2) is 36.1 Å². The summed E-state index contributed by atoms with van der Waals surface area (Å²) in [6.45, 7) is 4.51. The maximum atomic E-state index is 5.79. The zero-order valence-electron chi connectivity index (χ0n) is 10.2. The number of anilines is 1. The monoisotopic (exact) mass is 224 g/mol. The van der Waals surface area contributed by atoms with Gasteiger partial charge in [-0.25, -0.2) is 0 Å². The Kier molecular flexibility index (Phi) is 3.16. The second-order valence-corrected chi connectivity index (χ2v) is 4.31. The molecule has 0 saturated carbocycles. The van der Waals surface area contributed by atoms with E-state index in [0.29, 0.717) is 12.6 Å². The summed E-state index contributed by atoms with van der Waals surface area (Å²) in [5, 5.41) is 4.43. The van der Waals surface area contributed by atoms with E-state index in [9.17, 15) is 0 Å². The maximum absolute atomic E-state index is 5.79. The standard InChI is InChI=1S/C11H20N4O/c1-8-10(6-12)11(14(2)13-8)15-5-4-9(7-15)16-3/h9H,4-7,12H2,1-3H3. The van der Waals surface area contributed by atoms with Gasteiger partial charge >= 0.3 is 0 Å². The molecular weight excluding hydrogens is 204 g/mol. The minimum absolute atomic E-state index is 0.334. The number of methoxy groups -OCH3 is 1. The van der Waals surface area contributed by atoms with E-state index in [0.717, 1.165) is 36.6 Å². The lowest BCUT2D eigenvalue weighted by molar-refractivity contribution is 0.121. The molecule has 1 atom stereocenters. The van der Waals surface area contributed by atoms with Crippen LogP contribution in [0.15, 0.2) is 0 Å². The summed E-state index contributed by atoms with van der Waals surface area (Å²) in [4.78, 5) is 2.32. The molecule has 1 saturated heterocycles. The Balaban J connectivity index is 2.27. The first kappa shape index (κ1) is 11.4. The van der Waals surface area contributed by atoms with Crippen molar-refractivity contribution in [3.63, 3.8) is 0 Å². The van der Waals surface area contributed by atoms with Crippen LogP contribution in [0.5, 0.6) is 0 Å². The SMILES string of the molecule is COC1CCN(c2c(CN)c(C)nn2C)C1. The summed E-state index contributed by atoms with van der Waals surface area (Å²) in [6, 6.07) is 0. The second kappa shape index (κ2) is 4.43. The molecular formula is C11H20N4O. The van der Waals surface area contributed by atoms with Crippen LogP contribution in [0.3, 0.4) is 0 Å². The smallest absolute Gasteiger partial charge is 0.131 e. The van der Waals surface area contributed by atoms with E-state index in [1.54, 1.807) is 7.11 Å². The van der Waals surface area contributed by atoms with E-state index in [4.69, 9.17) is 10.5 Å². The first-order valence-electron chi connectivity index (χ1n) is 5.67. The van der Waals surface area contributed by atoms with Crippen molar-refractivity contribution in [2.75, 3.05) is 25.1 Å². The number of nitrogens with two attached hydrogens (primary N) is 1. The molecule has 1 aliphatic rings. The van der Waals surface area contributed by atoms with Crippen LogP contribution < -0.4 is 10.6 Å². The third-order valence-corrected chi connectivity index (χ3v) is 3.30. The lowest BCUT2D eigenvalue weighted by Gasteiger charge is -2.19. The summed E-state index contributed by atoms with van der Waals surface area (Å²) in [5.41, 5.74) is 7.97. The van der Waals surface area contributed by atoms with Gasteiger partial charge in [-0.05, 0) is 13.3 Å². The van der Waals surface area contributed by atoms with Gasteiger partial charge in [-0.3, -0.25) is 4.68 Å². The average Bonchev–Trinajstić information content (AvgIpc) is 2.82. The molecule has 0 spiro atoms.